The first-order valence-electron chi connectivity index (χ1n) is 12.3. The number of nitrogens with zero attached hydrogens (tertiary/aromatic N) is 6. The van der Waals surface area contributed by atoms with Crippen LogP contribution in [-0.2, 0) is 12.6 Å². The third-order valence-corrected chi connectivity index (χ3v) is 8.32. The number of pyridine rings is 1. The molecule has 2 aromatic heterocycles. The zero-order valence-corrected chi connectivity index (χ0v) is 21.5. The summed E-state index contributed by atoms with van der Waals surface area (Å²) in [5.74, 6) is 0.0301. The van der Waals surface area contributed by atoms with Gasteiger partial charge in [-0.15, -0.1) is 0 Å². The van der Waals surface area contributed by atoms with Crippen LogP contribution in [0.5, 0.6) is 0 Å². The molecule has 0 atom stereocenters. The van der Waals surface area contributed by atoms with E-state index in [1.165, 1.54) is 0 Å². The van der Waals surface area contributed by atoms with Gasteiger partial charge in [0, 0.05) is 55.4 Å². The Morgan fingerprint density at radius 3 is 2.44 bits per heavy atom. The molecule has 2 amide bonds. The van der Waals surface area contributed by atoms with E-state index in [0.29, 0.717) is 16.1 Å². The Hall–Kier alpha value is -3.39. The van der Waals surface area contributed by atoms with Gasteiger partial charge < -0.3 is 9.80 Å². The van der Waals surface area contributed by atoms with Gasteiger partial charge in [0.05, 0.1) is 41.1 Å². The number of piperidine rings is 1. The molecule has 3 aromatic rings. The van der Waals surface area contributed by atoms with Crippen LogP contribution in [0, 0.1) is 5.41 Å². The molecule has 9 heteroatoms. The van der Waals surface area contributed by atoms with Crippen molar-refractivity contribution < 1.29 is 9.59 Å². The average Bonchev–Trinajstić information content (AvgIpc) is 3.35. The minimum Gasteiger partial charge on any atom is -0.369 e. The number of carbonyl (C=O) groups excluding carboxylic acids is 2. The second-order valence-electron chi connectivity index (χ2n) is 10.8. The largest absolute Gasteiger partial charge is 0.369 e. The van der Waals surface area contributed by atoms with Crippen molar-refractivity contribution in [1.29, 1.82) is 0 Å². The molecule has 1 spiro atoms. The van der Waals surface area contributed by atoms with Crippen LogP contribution in [0.1, 0.15) is 53.0 Å². The van der Waals surface area contributed by atoms with Crippen LogP contribution in [0.15, 0.2) is 49.1 Å². The lowest BCUT2D eigenvalue weighted by Gasteiger charge is -2.55. The van der Waals surface area contributed by atoms with Crippen molar-refractivity contribution >= 4 is 34.8 Å². The number of halogens is 1. The maximum absolute atomic E-state index is 13.3. The molecule has 0 saturated carbocycles. The highest BCUT2D eigenvalue weighted by atomic mass is 35.5. The van der Waals surface area contributed by atoms with Gasteiger partial charge >= 0.3 is 0 Å². The summed E-state index contributed by atoms with van der Waals surface area (Å²) >= 11 is 6.24. The predicted molar refractivity (Wildman–Crippen MR) is 139 cm³/mol. The Kier molecular flexibility index (Phi) is 5.16. The smallest absolute Gasteiger partial charge is 0.259 e. The second kappa shape index (κ2) is 8.06. The van der Waals surface area contributed by atoms with E-state index >= 15 is 0 Å². The van der Waals surface area contributed by atoms with Gasteiger partial charge in [-0.2, -0.15) is 5.10 Å². The second-order valence-corrected chi connectivity index (χ2v) is 11.3. The Morgan fingerprint density at radius 2 is 1.75 bits per heavy atom. The summed E-state index contributed by atoms with van der Waals surface area (Å²) in [7, 11) is 1.82. The summed E-state index contributed by atoms with van der Waals surface area (Å²) in [6.45, 7) is 7.46. The van der Waals surface area contributed by atoms with E-state index in [2.05, 4.69) is 21.0 Å². The third kappa shape index (κ3) is 3.58. The minimum atomic E-state index is -0.526. The summed E-state index contributed by atoms with van der Waals surface area (Å²) in [6.07, 6.45) is 9.00. The average molecular weight is 505 g/mol. The topological polar surface area (TPSA) is 74.6 Å². The first-order valence-corrected chi connectivity index (χ1v) is 12.7. The SMILES string of the molecule is Cn1cc(C(=O)N2CCC3(CC2)CN(c2cncc(N4C(=O)c5ccc(Cl)cc5C4(C)C)c2)C3)cn1. The van der Waals surface area contributed by atoms with Crippen LogP contribution in [0.2, 0.25) is 5.02 Å². The molecule has 0 unspecified atom stereocenters. The Labute approximate surface area is 215 Å². The molecule has 0 radical (unpaired) electrons. The maximum Gasteiger partial charge on any atom is 0.259 e. The molecule has 6 rings (SSSR count). The maximum atomic E-state index is 13.3. The van der Waals surface area contributed by atoms with Crippen LogP contribution >= 0.6 is 11.6 Å². The number of hydrogen-bond donors (Lipinski definition) is 0. The number of hydrogen-bond acceptors (Lipinski definition) is 5. The quantitative estimate of drug-likeness (QED) is 0.536. The Morgan fingerprint density at radius 1 is 1.03 bits per heavy atom. The molecule has 186 valence electrons. The van der Waals surface area contributed by atoms with Crippen molar-refractivity contribution in [3.63, 3.8) is 0 Å². The minimum absolute atomic E-state index is 0.0312. The first kappa shape index (κ1) is 23.0. The zero-order valence-electron chi connectivity index (χ0n) is 20.7. The van der Waals surface area contributed by atoms with Gasteiger partial charge in [-0.3, -0.25) is 24.2 Å². The zero-order chi connectivity index (χ0) is 25.2. The van der Waals surface area contributed by atoms with Gasteiger partial charge in [-0.25, -0.2) is 0 Å². The standard InChI is InChI=1S/C27H29ClN6O2/c1-26(2)23-10-19(28)4-5-22(23)25(36)34(26)21-11-20(13-29-14-21)33-16-27(17-33)6-8-32(9-7-27)24(35)18-12-30-31(3)15-18/h4-5,10-15H,6-9,16-17H2,1-3H3. The lowest BCUT2D eigenvalue weighted by molar-refractivity contribution is 0.0502. The molecule has 36 heavy (non-hydrogen) atoms. The molecule has 5 heterocycles. The van der Waals surface area contributed by atoms with Crippen molar-refractivity contribution in [3.8, 4) is 0 Å². The van der Waals surface area contributed by atoms with Crippen molar-refractivity contribution in [2.24, 2.45) is 12.5 Å². The number of rotatable bonds is 3. The fourth-order valence-corrected chi connectivity index (χ4v) is 6.19. The number of likely N-dealkylation sites (tertiary alicyclic amines) is 1. The van der Waals surface area contributed by atoms with Crippen molar-refractivity contribution in [2.45, 2.75) is 32.2 Å². The summed E-state index contributed by atoms with van der Waals surface area (Å²) in [6, 6.07) is 7.52. The van der Waals surface area contributed by atoms with E-state index in [1.807, 2.05) is 49.0 Å². The monoisotopic (exact) mass is 504 g/mol. The summed E-state index contributed by atoms with van der Waals surface area (Å²) < 4.78 is 1.66. The molecule has 2 saturated heterocycles. The van der Waals surface area contributed by atoms with Crippen LogP contribution in [-0.4, -0.2) is 57.7 Å². The predicted octanol–water partition coefficient (Wildman–Crippen LogP) is 4.11. The molecule has 0 bridgehead atoms. The van der Waals surface area contributed by atoms with Gasteiger partial charge in [0.1, 0.15) is 0 Å². The molecule has 3 aliphatic rings. The summed E-state index contributed by atoms with van der Waals surface area (Å²) in [4.78, 5) is 36.7. The third-order valence-electron chi connectivity index (χ3n) is 8.08. The van der Waals surface area contributed by atoms with Gasteiger partial charge in [0.2, 0.25) is 0 Å². The van der Waals surface area contributed by atoms with E-state index < -0.39 is 5.54 Å². The molecule has 3 aliphatic heterocycles. The highest BCUT2D eigenvalue weighted by Crippen LogP contribution is 2.46. The van der Waals surface area contributed by atoms with E-state index in [9.17, 15) is 9.59 Å². The molecule has 0 N–H and O–H groups in total. The van der Waals surface area contributed by atoms with Crippen LogP contribution in [0.4, 0.5) is 11.4 Å². The fourth-order valence-electron chi connectivity index (χ4n) is 6.02. The van der Waals surface area contributed by atoms with Gasteiger partial charge in [-0.05, 0) is 56.5 Å². The molecule has 2 fully saturated rings. The van der Waals surface area contributed by atoms with Crippen LogP contribution in [0.25, 0.3) is 0 Å². The number of anilines is 2. The molecular weight excluding hydrogens is 476 g/mol. The van der Waals surface area contributed by atoms with E-state index in [0.717, 1.165) is 56.0 Å². The van der Waals surface area contributed by atoms with Gasteiger partial charge in [0.25, 0.3) is 11.8 Å². The number of aryl methyl sites for hydroxylation is 1. The van der Waals surface area contributed by atoms with E-state index in [4.69, 9.17) is 11.6 Å². The number of fused-ring (bicyclic) bond motifs is 1. The first-order chi connectivity index (χ1) is 17.2. The lowest BCUT2D eigenvalue weighted by atomic mass is 9.71. The molecule has 8 nitrogen and oxygen atoms in total. The van der Waals surface area contributed by atoms with Crippen LogP contribution < -0.4 is 9.80 Å². The number of carbonyl (C=O) groups is 2. The number of aromatic nitrogens is 3. The van der Waals surface area contributed by atoms with Crippen molar-refractivity contribution in [2.75, 3.05) is 36.0 Å². The molecule has 0 aliphatic carbocycles. The fraction of sp³-hybridized carbons (Fsp3) is 0.407. The Bertz CT molecular complexity index is 1370. The normalized spacial score (nSPS) is 20.0. The highest BCUT2D eigenvalue weighted by molar-refractivity contribution is 6.31. The van der Waals surface area contributed by atoms with Crippen LogP contribution in [0.3, 0.4) is 0 Å². The lowest BCUT2D eigenvalue weighted by Crippen LogP contribution is -2.61. The number of benzene rings is 1. The van der Waals surface area contributed by atoms with Crippen molar-refractivity contribution in [3.05, 3.63) is 70.8 Å². The molecular formula is C27H29ClN6O2. The van der Waals surface area contributed by atoms with E-state index in [-0.39, 0.29) is 17.2 Å². The summed E-state index contributed by atoms with van der Waals surface area (Å²) in [5, 5.41) is 4.75. The van der Waals surface area contributed by atoms with Gasteiger partial charge in [0.15, 0.2) is 0 Å². The molecule has 1 aromatic carbocycles. The number of amides is 2. The summed E-state index contributed by atoms with van der Waals surface area (Å²) in [5.41, 5.74) is 3.76. The highest BCUT2D eigenvalue weighted by Gasteiger charge is 2.47. The van der Waals surface area contributed by atoms with Gasteiger partial charge in [-0.1, -0.05) is 11.6 Å². The van der Waals surface area contributed by atoms with E-state index in [1.54, 1.807) is 29.3 Å². The Balaban J connectivity index is 1.14. The van der Waals surface area contributed by atoms with Crippen molar-refractivity contribution in [1.82, 2.24) is 19.7 Å².